The molecule has 1 aromatic heterocycles. The van der Waals surface area contributed by atoms with E-state index in [1.165, 1.54) is 11.3 Å². The van der Waals surface area contributed by atoms with E-state index < -0.39 is 12.0 Å². The van der Waals surface area contributed by atoms with E-state index in [4.69, 9.17) is 19.2 Å². The highest BCUT2D eigenvalue weighted by Gasteiger charge is 2.35. The van der Waals surface area contributed by atoms with Crippen molar-refractivity contribution in [2.45, 2.75) is 32.7 Å². The van der Waals surface area contributed by atoms with Crippen molar-refractivity contribution < 1.29 is 19.0 Å². The predicted octanol–water partition coefficient (Wildman–Crippen LogP) is 6.24. The van der Waals surface area contributed by atoms with Crippen LogP contribution in [0, 0.1) is 3.57 Å². The van der Waals surface area contributed by atoms with Gasteiger partial charge in [-0.25, -0.2) is 9.79 Å². The molecule has 226 valence electrons. The van der Waals surface area contributed by atoms with Gasteiger partial charge in [0.15, 0.2) is 16.3 Å². The highest BCUT2D eigenvalue weighted by Crippen LogP contribution is 2.36. The Bertz CT molecular complexity index is 1910. The molecule has 0 saturated heterocycles. The maximum Gasteiger partial charge on any atom is 0.338 e. The van der Waals surface area contributed by atoms with Crippen LogP contribution in [0.15, 0.2) is 94.7 Å². The third-order valence-electron chi connectivity index (χ3n) is 7.19. The first-order valence-electron chi connectivity index (χ1n) is 14.3. The van der Waals surface area contributed by atoms with Gasteiger partial charge in [0.2, 0.25) is 0 Å². The monoisotopic (exact) mass is 720 g/mol. The summed E-state index contributed by atoms with van der Waals surface area (Å²) >= 11 is 3.47. The van der Waals surface area contributed by atoms with Gasteiger partial charge in [-0.2, -0.15) is 0 Å². The number of benzene rings is 3. The summed E-state index contributed by atoms with van der Waals surface area (Å²) in [4.78, 5) is 33.3. The number of ether oxygens (including phenoxy) is 3. The highest BCUT2D eigenvalue weighted by molar-refractivity contribution is 14.1. The number of hydrogen-bond acceptors (Lipinski definition) is 7. The second-order valence-corrected chi connectivity index (χ2v) is 12.6. The number of fused-ring (bicyclic) bond motifs is 1. The zero-order valence-electron chi connectivity index (χ0n) is 25.0. The van der Waals surface area contributed by atoms with Crippen LogP contribution in [0.2, 0.25) is 0 Å². The Morgan fingerprint density at radius 2 is 1.86 bits per heavy atom. The second-order valence-electron chi connectivity index (χ2n) is 10.4. The third-order valence-corrected chi connectivity index (χ3v) is 8.97. The first-order chi connectivity index (χ1) is 21.3. The van der Waals surface area contributed by atoms with Crippen LogP contribution >= 0.6 is 33.9 Å². The van der Waals surface area contributed by atoms with Crippen molar-refractivity contribution in [3.05, 3.63) is 130 Å². The van der Waals surface area contributed by atoms with Gasteiger partial charge in [-0.3, -0.25) is 9.36 Å². The van der Waals surface area contributed by atoms with Gasteiger partial charge in [0, 0.05) is 5.56 Å². The molecule has 0 unspecified atom stereocenters. The minimum atomic E-state index is -0.729. The molecule has 1 atom stereocenters. The van der Waals surface area contributed by atoms with Crippen LogP contribution in [0.3, 0.4) is 0 Å². The molecule has 0 amide bonds. The van der Waals surface area contributed by atoms with Crippen molar-refractivity contribution in [1.82, 2.24) is 4.57 Å². The molecule has 44 heavy (non-hydrogen) atoms. The minimum Gasteiger partial charge on any atom is -0.493 e. The Labute approximate surface area is 274 Å². The van der Waals surface area contributed by atoms with E-state index >= 15 is 0 Å². The molecular formula is C35H33IN2O5S. The molecule has 0 spiro atoms. The number of thiazole rings is 1. The van der Waals surface area contributed by atoms with E-state index in [0.29, 0.717) is 44.6 Å². The molecule has 5 rings (SSSR count). The molecule has 0 saturated carbocycles. The Kier molecular flexibility index (Phi) is 9.85. The standard InChI is InChI=1S/C35H33IN2O5S/c1-6-17-43-32-26(36)18-22(19-27(32)41-5)20-28-33(39)38-31(25-15-13-23(14-16-25)21(3)4)29(34(40)42-7-2)30(37-35(38)44-28)24-11-9-8-10-12-24/h6,8-16,18-21,31H,1,7,17H2,2-5H3/b28-20-/t31-/m0/s1. The number of carbonyl (C=O) groups is 1. The summed E-state index contributed by atoms with van der Waals surface area (Å²) < 4.78 is 19.9. The smallest absolute Gasteiger partial charge is 0.338 e. The normalized spacial score (nSPS) is 14.7. The number of halogens is 1. The Hall–Kier alpha value is -3.96. The lowest BCUT2D eigenvalue weighted by atomic mass is 9.91. The molecule has 0 aliphatic carbocycles. The molecule has 0 bridgehead atoms. The maximum atomic E-state index is 14.2. The van der Waals surface area contributed by atoms with Gasteiger partial charge >= 0.3 is 5.97 Å². The fourth-order valence-corrected chi connectivity index (χ4v) is 6.86. The fraction of sp³-hybridized carbons (Fsp3) is 0.229. The molecule has 2 heterocycles. The summed E-state index contributed by atoms with van der Waals surface area (Å²) in [7, 11) is 1.58. The number of hydrogen-bond donors (Lipinski definition) is 0. The second kappa shape index (κ2) is 13.8. The van der Waals surface area contributed by atoms with Gasteiger partial charge in [-0.1, -0.05) is 92.4 Å². The number of aromatic nitrogens is 1. The lowest BCUT2D eigenvalue weighted by Crippen LogP contribution is -2.40. The van der Waals surface area contributed by atoms with Crippen LogP contribution in [0.25, 0.3) is 11.8 Å². The molecular weight excluding hydrogens is 687 g/mol. The van der Waals surface area contributed by atoms with Gasteiger partial charge in [0.1, 0.15) is 6.61 Å². The van der Waals surface area contributed by atoms with Gasteiger partial charge < -0.3 is 14.2 Å². The molecule has 4 aromatic rings. The fourth-order valence-electron chi connectivity index (χ4n) is 5.08. The Balaban J connectivity index is 1.77. The summed E-state index contributed by atoms with van der Waals surface area (Å²) in [5.74, 6) is 0.996. The molecule has 1 aliphatic heterocycles. The number of carbonyl (C=O) groups excluding carboxylic acids is 1. The predicted molar refractivity (Wildman–Crippen MR) is 183 cm³/mol. The van der Waals surface area contributed by atoms with Crippen LogP contribution in [0.1, 0.15) is 55.0 Å². The number of methoxy groups -OCH3 is 1. The summed E-state index contributed by atoms with van der Waals surface area (Å²) in [6.07, 6.45) is 3.49. The van der Waals surface area contributed by atoms with Crippen molar-refractivity contribution in [3.63, 3.8) is 0 Å². The lowest BCUT2D eigenvalue weighted by Gasteiger charge is -2.26. The molecule has 0 N–H and O–H groups in total. The van der Waals surface area contributed by atoms with Crippen LogP contribution < -0.4 is 24.4 Å². The molecule has 1 aliphatic rings. The minimum absolute atomic E-state index is 0.195. The Morgan fingerprint density at radius 1 is 1.14 bits per heavy atom. The van der Waals surface area contributed by atoms with E-state index in [1.807, 2.05) is 72.8 Å². The third kappa shape index (κ3) is 6.30. The molecule has 7 nitrogen and oxygen atoms in total. The van der Waals surface area contributed by atoms with Crippen molar-refractivity contribution in [2.24, 2.45) is 4.99 Å². The first kappa shape index (κ1) is 31.5. The van der Waals surface area contributed by atoms with Crippen molar-refractivity contribution >= 4 is 51.7 Å². The summed E-state index contributed by atoms with van der Waals surface area (Å²) in [5, 5.41) is 0. The van der Waals surface area contributed by atoms with Crippen LogP contribution in [-0.2, 0) is 9.53 Å². The van der Waals surface area contributed by atoms with E-state index in [-0.39, 0.29) is 12.2 Å². The zero-order chi connectivity index (χ0) is 31.4. The zero-order valence-corrected chi connectivity index (χ0v) is 28.0. The molecule has 3 aromatic carbocycles. The SMILES string of the molecule is C=CCOc1c(I)cc(/C=c2\sc3n(c2=O)[C@@H](c2ccc(C(C)C)cc2)C(C(=O)OCC)=C(c2ccccc2)N=3)cc1OC. The number of rotatable bonds is 10. The quantitative estimate of drug-likeness (QED) is 0.110. The summed E-state index contributed by atoms with van der Waals surface area (Å²) in [6.45, 7) is 10.3. The van der Waals surface area contributed by atoms with Crippen molar-refractivity contribution in [2.75, 3.05) is 20.3 Å². The van der Waals surface area contributed by atoms with Crippen molar-refractivity contribution in [1.29, 1.82) is 0 Å². The van der Waals surface area contributed by atoms with E-state index in [1.54, 1.807) is 24.7 Å². The van der Waals surface area contributed by atoms with E-state index in [2.05, 4.69) is 43.0 Å². The van der Waals surface area contributed by atoms with Gasteiger partial charge in [0.05, 0.1) is 39.1 Å². The van der Waals surface area contributed by atoms with E-state index in [0.717, 1.165) is 25.8 Å². The first-order valence-corrected chi connectivity index (χ1v) is 16.2. The average molecular weight is 721 g/mol. The topological polar surface area (TPSA) is 79.1 Å². The molecule has 0 radical (unpaired) electrons. The van der Waals surface area contributed by atoms with Gasteiger partial charge in [0.25, 0.3) is 5.56 Å². The number of esters is 1. The molecule has 0 fully saturated rings. The largest absolute Gasteiger partial charge is 0.493 e. The van der Waals surface area contributed by atoms with Gasteiger partial charge in [-0.15, -0.1) is 0 Å². The summed E-state index contributed by atoms with van der Waals surface area (Å²) in [6, 6.07) is 20.6. The Morgan fingerprint density at radius 3 is 2.50 bits per heavy atom. The summed E-state index contributed by atoms with van der Waals surface area (Å²) in [5.41, 5.74) is 4.08. The van der Waals surface area contributed by atoms with Gasteiger partial charge in [-0.05, 0) is 70.3 Å². The average Bonchev–Trinajstić information content (AvgIpc) is 3.34. The van der Waals surface area contributed by atoms with Crippen molar-refractivity contribution in [3.8, 4) is 11.5 Å². The van der Waals surface area contributed by atoms with E-state index in [9.17, 15) is 9.59 Å². The number of nitrogens with zero attached hydrogens (tertiary/aromatic N) is 2. The highest BCUT2D eigenvalue weighted by atomic mass is 127. The maximum absolute atomic E-state index is 14.2. The van der Waals surface area contributed by atoms with Crippen LogP contribution in [0.4, 0.5) is 0 Å². The lowest BCUT2D eigenvalue weighted by molar-refractivity contribution is -0.138. The van der Waals surface area contributed by atoms with Crippen LogP contribution in [-0.4, -0.2) is 30.9 Å². The van der Waals surface area contributed by atoms with Crippen LogP contribution in [0.5, 0.6) is 11.5 Å². The molecule has 9 heteroatoms.